The monoisotopic (exact) mass is 349 g/mol. The van der Waals surface area contributed by atoms with Crippen LogP contribution in [0.25, 0.3) is 11.4 Å². The first kappa shape index (κ1) is 15.9. The smallest absolute Gasteiger partial charge is 0.269 e. The van der Waals surface area contributed by atoms with Gasteiger partial charge in [0.15, 0.2) is 5.82 Å². The number of anilines is 1. The van der Waals surface area contributed by atoms with Crippen LogP contribution in [0, 0.1) is 10.1 Å². The summed E-state index contributed by atoms with van der Waals surface area (Å²) in [5, 5.41) is 15.1. The number of fused-ring (bicyclic) bond motifs is 1. The summed E-state index contributed by atoms with van der Waals surface area (Å²) in [7, 11) is 1.80. The van der Waals surface area contributed by atoms with Crippen LogP contribution >= 0.6 is 0 Å². The summed E-state index contributed by atoms with van der Waals surface area (Å²) in [6.45, 7) is 0.513. The molecule has 4 rings (SSSR count). The number of nitrogens with zero attached hydrogens (tertiary/aromatic N) is 5. The van der Waals surface area contributed by atoms with Crippen molar-refractivity contribution >= 4 is 17.3 Å². The van der Waals surface area contributed by atoms with E-state index in [0.29, 0.717) is 24.4 Å². The molecular weight excluding hydrogens is 334 g/mol. The zero-order valence-corrected chi connectivity index (χ0v) is 14.0. The predicted octanol–water partition coefficient (Wildman–Crippen LogP) is 2.59. The molecule has 8 nitrogen and oxygen atoms in total. The third-order valence-corrected chi connectivity index (χ3v) is 4.40. The molecule has 1 aromatic heterocycles. The van der Waals surface area contributed by atoms with Gasteiger partial charge in [-0.15, -0.1) is 0 Å². The van der Waals surface area contributed by atoms with Crippen LogP contribution in [-0.2, 0) is 13.5 Å². The Labute approximate surface area is 148 Å². The zero-order chi connectivity index (χ0) is 18.3. The molecule has 0 aliphatic carbocycles. The first-order chi connectivity index (χ1) is 12.5. The number of nitro benzene ring substituents is 1. The number of aromatic nitrogens is 3. The van der Waals surface area contributed by atoms with Gasteiger partial charge in [0, 0.05) is 42.5 Å². The number of hydrogen-bond acceptors (Lipinski definition) is 5. The lowest BCUT2D eigenvalue weighted by atomic mass is 10.1. The average molecular weight is 349 g/mol. The Balaban J connectivity index is 1.59. The molecule has 2 heterocycles. The highest BCUT2D eigenvalue weighted by molar-refractivity contribution is 6.07. The molecule has 0 spiro atoms. The van der Waals surface area contributed by atoms with Gasteiger partial charge < -0.3 is 4.90 Å². The number of hydrogen-bond donors (Lipinski definition) is 0. The van der Waals surface area contributed by atoms with Crippen LogP contribution in [0.2, 0.25) is 0 Å². The van der Waals surface area contributed by atoms with Gasteiger partial charge in [0.25, 0.3) is 11.6 Å². The van der Waals surface area contributed by atoms with Crippen molar-refractivity contribution in [2.24, 2.45) is 7.05 Å². The maximum absolute atomic E-state index is 12.8. The third-order valence-electron chi connectivity index (χ3n) is 4.40. The fraction of sp³-hybridized carbons (Fsp3) is 0.167. The molecule has 26 heavy (non-hydrogen) atoms. The lowest BCUT2D eigenvalue weighted by Crippen LogP contribution is -2.28. The fourth-order valence-electron chi connectivity index (χ4n) is 3.10. The maximum atomic E-state index is 12.8. The Hall–Kier alpha value is -3.55. The van der Waals surface area contributed by atoms with E-state index in [-0.39, 0.29) is 11.6 Å². The SMILES string of the molecule is Cn1cnc(-c2ccc(C(=O)N3CCc4cc([N+](=O)[O-])ccc43)cc2)n1. The van der Waals surface area contributed by atoms with E-state index in [0.717, 1.165) is 16.8 Å². The van der Waals surface area contributed by atoms with Gasteiger partial charge >= 0.3 is 0 Å². The summed E-state index contributed by atoms with van der Waals surface area (Å²) in [6.07, 6.45) is 2.23. The summed E-state index contributed by atoms with van der Waals surface area (Å²) in [4.78, 5) is 29.2. The van der Waals surface area contributed by atoms with Crippen molar-refractivity contribution in [3.8, 4) is 11.4 Å². The number of carbonyl (C=O) groups is 1. The molecule has 0 saturated heterocycles. The molecule has 130 valence electrons. The minimum atomic E-state index is -0.421. The number of amides is 1. The van der Waals surface area contributed by atoms with E-state index in [4.69, 9.17) is 0 Å². The van der Waals surface area contributed by atoms with Crippen molar-refractivity contribution in [2.45, 2.75) is 6.42 Å². The van der Waals surface area contributed by atoms with Crippen molar-refractivity contribution in [3.05, 3.63) is 70.0 Å². The Kier molecular flexibility index (Phi) is 3.72. The van der Waals surface area contributed by atoms with Gasteiger partial charge in [0.05, 0.1) is 4.92 Å². The van der Waals surface area contributed by atoms with E-state index < -0.39 is 4.92 Å². The summed E-state index contributed by atoms with van der Waals surface area (Å²) in [5.74, 6) is 0.475. The number of carbonyl (C=O) groups excluding carboxylic acids is 1. The molecule has 0 bridgehead atoms. The van der Waals surface area contributed by atoms with Gasteiger partial charge in [0.2, 0.25) is 0 Å². The number of non-ortho nitro benzene ring substituents is 1. The maximum Gasteiger partial charge on any atom is 0.269 e. The van der Waals surface area contributed by atoms with Crippen molar-refractivity contribution in [1.82, 2.24) is 14.8 Å². The van der Waals surface area contributed by atoms with Gasteiger partial charge in [-0.1, -0.05) is 12.1 Å². The summed E-state index contributed by atoms with van der Waals surface area (Å²) in [6, 6.07) is 11.7. The van der Waals surface area contributed by atoms with Gasteiger partial charge in [-0.3, -0.25) is 19.6 Å². The second kappa shape index (κ2) is 6.07. The van der Waals surface area contributed by atoms with E-state index >= 15 is 0 Å². The van der Waals surface area contributed by atoms with E-state index in [2.05, 4.69) is 10.1 Å². The normalized spacial score (nSPS) is 12.9. The molecule has 1 aliphatic heterocycles. The summed E-state index contributed by atoms with van der Waals surface area (Å²) in [5.41, 5.74) is 2.98. The fourth-order valence-corrected chi connectivity index (χ4v) is 3.10. The lowest BCUT2D eigenvalue weighted by Gasteiger charge is -2.17. The Bertz CT molecular complexity index is 1010. The molecule has 2 aromatic carbocycles. The van der Waals surface area contributed by atoms with Crippen LogP contribution in [0.4, 0.5) is 11.4 Å². The molecule has 0 atom stereocenters. The average Bonchev–Trinajstić information content (AvgIpc) is 3.27. The molecule has 0 fully saturated rings. The molecule has 8 heteroatoms. The highest BCUT2D eigenvalue weighted by Gasteiger charge is 2.27. The van der Waals surface area contributed by atoms with Crippen LogP contribution in [0.3, 0.4) is 0 Å². The number of aryl methyl sites for hydroxylation is 1. The minimum absolute atomic E-state index is 0.0465. The van der Waals surface area contributed by atoms with Crippen molar-refractivity contribution in [1.29, 1.82) is 0 Å². The van der Waals surface area contributed by atoms with Crippen LogP contribution in [0.15, 0.2) is 48.8 Å². The van der Waals surface area contributed by atoms with Gasteiger partial charge in [-0.05, 0) is 30.2 Å². The van der Waals surface area contributed by atoms with E-state index in [1.165, 1.54) is 6.07 Å². The van der Waals surface area contributed by atoms with Crippen LogP contribution in [0.5, 0.6) is 0 Å². The Morgan fingerprint density at radius 1 is 1.19 bits per heavy atom. The highest BCUT2D eigenvalue weighted by Crippen LogP contribution is 2.32. The largest absolute Gasteiger partial charge is 0.308 e. The van der Waals surface area contributed by atoms with E-state index in [9.17, 15) is 14.9 Å². The van der Waals surface area contributed by atoms with Crippen LogP contribution in [-0.4, -0.2) is 32.1 Å². The van der Waals surface area contributed by atoms with E-state index in [1.807, 2.05) is 12.1 Å². The van der Waals surface area contributed by atoms with Gasteiger partial charge in [0.1, 0.15) is 6.33 Å². The quantitative estimate of drug-likeness (QED) is 0.535. The molecule has 0 saturated carbocycles. The number of rotatable bonds is 3. The predicted molar refractivity (Wildman–Crippen MR) is 94.9 cm³/mol. The molecular formula is C18H15N5O3. The first-order valence-electron chi connectivity index (χ1n) is 8.08. The summed E-state index contributed by atoms with van der Waals surface area (Å²) >= 11 is 0. The number of nitro groups is 1. The van der Waals surface area contributed by atoms with Crippen LogP contribution in [0.1, 0.15) is 15.9 Å². The second-order valence-corrected chi connectivity index (χ2v) is 6.10. The zero-order valence-electron chi connectivity index (χ0n) is 14.0. The summed E-state index contributed by atoms with van der Waals surface area (Å²) < 4.78 is 1.62. The van der Waals surface area contributed by atoms with Crippen molar-refractivity contribution in [2.75, 3.05) is 11.4 Å². The first-order valence-corrected chi connectivity index (χ1v) is 8.08. The highest BCUT2D eigenvalue weighted by atomic mass is 16.6. The van der Waals surface area contributed by atoms with Crippen molar-refractivity contribution in [3.63, 3.8) is 0 Å². The molecule has 0 radical (unpaired) electrons. The van der Waals surface area contributed by atoms with Crippen LogP contribution < -0.4 is 4.90 Å². The molecule has 0 unspecified atom stereocenters. The topological polar surface area (TPSA) is 94.2 Å². The minimum Gasteiger partial charge on any atom is -0.308 e. The van der Waals surface area contributed by atoms with E-state index in [1.54, 1.807) is 47.2 Å². The standard InChI is InChI=1S/C18H15N5O3/c1-21-11-19-17(20-21)12-2-4-13(5-3-12)18(24)22-9-8-14-10-15(23(25)26)6-7-16(14)22/h2-7,10-11H,8-9H2,1H3. The molecule has 1 amide bonds. The number of benzene rings is 2. The Morgan fingerprint density at radius 3 is 2.62 bits per heavy atom. The molecule has 0 N–H and O–H groups in total. The molecule has 1 aliphatic rings. The molecule has 3 aromatic rings. The van der Waals surface area contributed by atoms with Gasteiger partial charge in [-0.2, -0.15) is 5.10 Å². The second-order valence-electron chi connectivity index (χ2n) is 6.10. The Morgan fingerprint density at radius 2 is 1.96 bits per heavy atom. The lowest BCUT2D eigenvalue weighted by molar-refractivity contribution is -0.384. The third kappa shape index (κ3) is 2.71. The van der Waals surface area contributed by atoms with Crippen molar-refractivity contribution < 1.29 is 9.72 Å². The van der Waals surface area contributed by atoms with Gasteiger partial charge in [-0.25, -0.2) is 4.98 Å².